The quantitative estimate of drug-likeness (QED) is 0.330. The van der Waals surface area contributed by atoms with Crippen LogP contribution >= 0.6 is 0 Å². The van der Waals surface area contributed by atoms with Crippen LogP contribution in [0.3, 0.4) is 0 Å². The number of benzene rings is 2. The van der Waals surface area contributed by atoms with Crippen LogP contribution in [-0.2, 0) is 29.2 Å². The van der Waals surface area contributed by atoms with E-state index in [1.165, 1.54) is 11.8 Å². The minimum absolute atomic E-state index is 0.000732. The summed E-state index contributed by atoms with van der Waals surface area (Å²) in [6.45, 7) is 1.74. The van der Waals surface area contributed by atoms with Crippen molar-refractivity contribution in [2.75, 3.05) is 6.54 Å². The molecule has 2 aromatic rings. The van der Waals surface area contributed by atoms with Crippen molar-refractivity contribution in [3.63, 3.8) is 0 Å². The van der Waals surface area contributed by atoms with E-state index in [1.54, 1.807) is 42.5 Å². The number of carboxylic acids is 1. The molecule has 2 aromatic carbocycles. The number of hydrogen-bond acceptors (Lipinski definition) is 5. The molecule has 0 aromatic heterocycles. The summed E-state index contributed by atoms with van der Waals surface area (Å²) in [6, 6.07) is 11.8. The first-order valence-corrected chi connectivity index (χ1v) is 12.2. The molecule has 4 N–H and O–H groups in total. The first-order valence-electron chi connectivity index (χ1n) is 12.2. The molecule has 0 bridgehead atoms. The normalized spacial score (nSPS) is 14.6. The molecule has 2 amide bonds. The first-order chi connectivity index (χ1) is 17.9. The Morgan fingerprint density at radius 2 is 1.82 bits per heavy atom. The molecule has 0 saturated heterocycles. The van der Waals surface area contributed by atoms with Gasteiger partial charge in [-0.1, -0.05) is 37.3 Å². The molecule has 0 fully saturated rings. The Hall–Kier alpha value is -3.89. The van der Waals surface area contributed by atoms with Gasteiger partial charge in [-0.15, -0.1) is 0 Å². The maximum Gasteiger partial charge on any atom is 0.396 e. The van der Waals surface area contributed by atoms with E-state index >= 15 is 0 Å². The summed E-state index contributed by atoms with van der Waals surface area (Å²) in [6.07, 6.45) is -4.92. The van der Waals surface area contributed by atoms with Gasteiger partial charge in [0.2, 0.25) is 5.91 Å². The van der Waals surface area contributed by atoms with Gasteiger partial charge in [0.15, 0.2) is 0 Å². The van der Waals surface area contributed by atoms with Crippen LogP contribution < -0.4 is 10.5 Å². The number of carboxylic acid groups (broad SMARTS) is 1. The summed E-state index contributed by atoms with van der Waals surface area (Å²) in [5.41, 5.74) is 7.45. The van der Waals surface area contributed by atoms with Gasteiger partial charge in [0.1, 0.15) is 12.4 Å². The fraction of sp³-hybridized carbons (Fsp3) is 0.407. The minimum Gasteiger partial charge on any atom is -0.489 e. The zero-order valence-corrected chi connectivity index (χ0v) is 20.9. The number of hydrogen-bond donors (Lipinski definition) is 3. The largest absolute Gasteiger partial charge is 0.489 e. The molecule has 3 rings (SSSR count). The molecule has 38 heavy (non-hydrogen) atoms. The smallest absolute Gasteiger partial charge is 0.396 e. The molecule has 0 aliphatic carbocycles. The van der Waals surface area contributed by atoms with Crippen molar-refractivity contribution < 1.29 is 37.4 Å². The van der Waals surface area contributed by atoms with Crippen LogP contribution in [0.5, 0.6) is 5.75 Å². The van der Waals surface area contributed by atoms with E-state index in [0.717, 1.165) is 5.56 Å². The maximum atomic E-state index is 13.1. The molecule has 204 valence electrons. The van der Waals surface area contributed by atoms with Crippen molar-refractivity contribution in [2.45, 2.75) is 51.9 Å². The number of nitrogens with two attached hydrogens (primary N) is 1. The Morgan fingerprint density at radius 3 is 2.39 bits per heavy atom. The lowest BCUT2D eigenvalue weighted by Gasteiger charge is -2.21. The van der Waals surface area contributed by atoms with Crippen molar-refractivity contribution in [1.82, 2.24) is 4.90 Å². The second-order valence-electron chi connectivity index (χ2n) is 9.31. The standard InChI is InChI=1S/C27H30F3N3O5/c1-2-21(27(28,29)30)22(31)12-16-6-8-17(9-7-16)15-38-23-5-3-4-19-20(23)14-33(26(19)37)13-18(25(32)36)10-11-24(34)35/h3-9,18,21,31H,2,10-15H2,1H3,(H2,32,36)(H,34,35)/t18?,21-/m0/s1. The minimum atomic E-state index is -4.44. The molecule has 0 spiro atoms. The van der Waals surface area contributed by atoms with Gasteiger partial charge in [0.25, 0.3) is 5.91 Å². The van der Waals surface area contributed by atoms with E-state index < -0.39 is 29.9 Å². The Bertz CT molecular complexity index is 1200. The van der Waals surface area contributed by atoms with E-state index in [9.17, 15) is 27.6 Å². The summed E-state index contributed by atoms with van der Waals surface area (Å²) in [5.74, 6) is -4.11. The highest BCUT2D eigenvalue weighted by molar-refractivity contribution is 5.99. The third-order valence-electron chi connectivity index (χ3n) is 6.59. The molecular formula is C27H30F3N3O5. The summed E-state index contributed by atoms with van der Waals surface area (Å²) < 4.78 is 45.2. The number of ether oxygens (including phenoxy) is 1. The van der Waals surface area contributed by atoms with Gasteiger partial charge in [-0.2, -0.15) is 13.2 Å². The molecule has 2 atom stereocenters. The van der Waals surface area contributed by atoms with Crippen molar-refractivity contribution in [1.29, 1.82) is 5.41 Å². The van der Waals surface area contributed by atoms with Gasteiger partial charge in [-0.25, -0.2) is 0 Å². The summed E-state index contributed by atoms with van der Waals surface area (Å²) in [4.78, 5) is 37.0. The van der Waals surface area contributed by atoms with Crippen LogP contribution in [-0.4, -0.2) is 46.2 Å². The molecule has 0 saturated carbocycles. The predicted molar refractivity (Wildman–Crippen MR) is 133 cm³/mol. The van der Waals surface area contributed by atoms with E-state index in [4.69, 9.17) is 21.0 Å². The fourth-order valence-corrected chi connectivity index (χ4v) is 4.47. The first kappa shape index (κ1) is 28.7. The van der Waals surface area contributed by atoms with Crippen LogP contribution in [0.1, 0.15) is 53.2 Å². The summed E-state index contributed by atoms with van der Waals surface area (Å²) >= 11 is 0. The number of nitrogens with one attached hydrogen (secondary N) is 1. The monoisotopic (exact) mass is 533 g/mol. The molecule has 1 aliphatic heterocycles. The third-order valence-corrected chi connectivity index (χ3v) is 6.59. The van der Waals surface area contributed by atoms with Crippen LogP contribution in [0.2, 0.25) is 0 Å². The van der Waals surface area contributed by atoms with Gasteiger partial charge in [-0.3, -0.25) is 14.4 Å². The molecule has 1 unspecified atom stereocenters. The summed E-state index contributed by atoms with van der Waals surface area (Å²) in [7, 11) is 0. The van der Waals surface area contributed by atoms with E-state index in [0.29, 0.717) is 22.4 Å². The lowest BCUT2D eigenvalue weighted by Crippen LogP contribution is -2.36. The van der Waals surface area contributed by atoms with Gasteiger partial charge in [0.05, 0.1) is 18.4 Å². The second kappa shape index (κ2) is 12.1. The highest BCUT2D eigenvalue weighted by atomic mass is 19.4. The zero-order chi connectivity index (χ0) is 28.0. The number of carbonyl (C=O) groups is 3. The van der Waals surface area contributed by atoms with Crippen LogP contribution in [0.15, 0.2) is 42.5 Å². The summed E-state index contributed by atoms with van der Waals surface area (Å²) in [5, 5.41) is 16.8. The van der Waals surface area contributed by atoms with Gasteiger partial charge in [0, 0.05) is 36.2 Å². The van der Waals surface area contributed by atoms with Crippen LogP contribution in [0, 0.1) is 17.2 Å². The molecule has 0 radical (unpaired) electrons. The number of nitrogens with zero attached hydrogens (tertiary/aromatic N) is 1. The van der Waals surface area contributed by atoms with Crippen molar-refractivity contribution >= 4 is 23.5 Å². The van der Waals surface area contributed by atoms with Crippen molar-refractivity contribution in [3.8, 4) is 5.75 Å². The average Bonchev–Trinajstić information content (AvgIpc) is 3.16. The molecule has 8 nitrogen and oxygen atoms in total. The number of amides is 2. The maximum absolute atomic E-state index is 13.1. The highest BCUT2D eigenvalue weighted by Gasteiger charge is 2.40. The van der Waals surface area contributed by atoms with Crippen LogP contribution in [0.4, 0.5) is 13.2 Å². The van der Waals surface area contributed by atoms with Crippen molar-refractivity contribution in [2.24, 2.45) is 17.6 Å². The predicted octanol–water partition coefficient (Wildman–Crippen LogP) is 4.34. The molecule has 11 heteroatoms. The highest BCUT2D eigenvalue weighted by Crippen LogP contribution is 2.33. The molecular weight excluding hydrogens is 503 g/mol. The number of alkyl halides is 3. The van der Waals surface area contributed by atoms with Crippen LogP contribution in [0.25, 0.3) is 0 Å². The number of primary amides is 1. The Morgan fingerprint density at radius 1 is 1.16 bits per heavy atom. The average molecular weight is 534 g/mol. The number of fused-ring (bicyclic) bond motifs is 1. The molecule has 1 heterocycles. The third kappa shape index (κ3) is 7.11. The van der Waals surface area contributed by atoms with E-state index in [2.05, 4.69) is 0 Å². The van der Waals surface area contributed by atoms with Gasteiger partial charge < -0.3 is 25.9 Å². The Balaban J connectivity index is 1.63. The van der Waals surface area contributed by atoms with E-state index in [1.807, 2.05) is 0 Å². The SMILES string of the molecule is CC[C@@H](C(=N)Cc1ccc(COc2cccc3c2CN(CC(CCC(=O)O)C(N)=O)C3=O)cc1)C(F)(F)F. The Labute approximate surface area is 218 Å². The van der Waals surface area contributed by atoms with Gasteiger partial charge in [-0.05, 0) is 36.1 Å². The number of rotatable bonds is 13. The molecule has 1 aliphatic rings. The Kier molecular flexibility index (Phi) is 9.13. The lowest BCUT2D eigenvalue weighted by molar-refractivity contribution is -0.156. The zero-order valence-electron chi connectivity index (χ0n) is 20.9. The number of carbonyl (C=O) groups excluding carboxylic acids is 2. The van der Waals surface area contributed by atoms with E-state index in [-0.39, 0.29) is 57.0 Å². The number of halogens is 3. The topological polar surface area (TPSA) is 134 Å². The van der Waals surface area contributed by atoms with Gasteiger partial charge >= 0.3 is 12.1 Å². The lowest BCUT2D eigenvalue weighted by atomic mass is 9.94. The fourth-order valence-electron chi connectivity index (χ4n) is 4.47. The second-order valence-corrected chi connectivity index (χ2v) is 9.31. The van der Waals surface area contributed by atoms with Crippen molar-refractivity contribution in [3.05, 3.63) is 64.7 Å². The number of aliphatic carboxylic acids is 1.